The Balaban J connectivity index is 1.75. The van der Waals surface area contributed by atoms with E-state index >= 15 is 0 Å². The molecule has 0 aliphatic carbocycles. The fraction of sp³-hybridized carbons (Fsp3) is 0.211. The van der Waals surface area contributed by atoms with E-state index in [2.05, 4.69) is 22.3 Å². The van der Waals surface area contributed by atoms with E-state index in [1.165, 1.54) is 0 Å². The number of nitrogens with zero attached hydrogens (tertiary/aromatic N) is 4. The van der Waals surface area contributed by atoms with Crippen LogP contribution in [0.4, 0.5) is 11.6 Å². The molecule has 0 radical (unpaired) electrons. The van der Waals surface area contributed by atoms with Crippen molar-refractivity contribution < 1.29 is 9.84 Å². The van der Waals surface area contributed by atoms with Crippen molar-refractivity contribution in [1.82, 2.24) is 19.7 Å². The molecule has 0 aliphatic heterocycles. The first-order chi connectivity index (χ1) is 13.2. The minimum absolute atomic E-state index is 0.0417. The number of methoxy groups -OCH3 is 1. The first-order valence-corrected chi connectivity index (χ1v) is 9.31. The van der Waals surface area contributed by atoms with Crippen molar-refractivity contribution in [3.05, 3.63) is 47.7 Å². The monoisotopic (exact) mass is 381 g/mol. The summed E-state index contributed by atoms with van der Waals surface area (Å²) in [5.74, 6) is 1.32. The lowest BCUT2D eigenvalue weighted by Gasteiger charge is -2.08. The maximum atomic E-state index is 9.01. The molecule has 3 aromatic heterocycles. The number of aryl methyl sites for hydroxylation is 1. The van der Waals surface area contributed by atoms with Gasteiger partial charge in [-0.15, -0.1) is 11.3 Å². The molecule has 0 unspecified atom stereocenters. The second-order valence-electron chi connectivity index (χ2n) is 5.98. The number of aliphatic hydroxyl groups is 1. The van der Waals surface area contributed by atoms with Crippen molar-refractivity contribution in [3.63, 3.8) is 0 Å². The van der Waals surface area contributed by atoms with Gasteiger partial charge in [-0.25, -0.2) is 9.97 Å². The van der Waals surface area contributed by atoms with E-state index in [1.807, 2.05) is 36.7 Å². The van der Waals surface area contributed by atoms with Gasteiger partial charge in [0.15, 0.2) is 0 Å². The predicted molar refractivity (Wildman–Crippen MR) is 107 cm³/mol. The van der Waals surface area contributed by atoms with Crippen LogP contribution in [0.5, 0.6) is 5.75 Å². The summed E-state index contributed by atoms with van der Waals surface area (Å²) < 4.78 is 8.22. The van der Waals surface area contributed by atoms with Crippen LogP contribution in [-0.2, 0) is 6.54 Å². The van der Waals surface area contributed by atoms with Gasteiger partial charge in [0.05, 0.1) is 48.6 Å². The summed E-state index contributed by atoms with van der Waals surface area (Å²) in [7, 11) is 1.68. The number of benzene rings is 1. The first-order valence-electron chi connectivity index (χ1n) is 8.49. The number of anilines is 2. The molecule has 0 aliphatic rings. The molecule has 0 saturated heterocycles. The van der Waals surface area contributed by atoms with Crippen LogP contribution in [-0.4, -0.2) is 38.6 Å². The summed E-state index contributed by atoms with van der Waals surface area (Å²) in [5, 5.41) is 16.4. The molecule has 0 bridgehead atoms. The zero-order chi connectivity index (χ0) is 18.8. The Hall–Kier alpha value is -2.97. The molecule has 138 valence electrons. The quantitative estimate of drug-likeness (QED) is 0.531. The molecule has 0 atom stereocenters. The zero-order valence-electron chi connectivity index (χ0n) is 15.0. The van der Waals surface area contributed by atoms with E-state index in [0.29, 0.717) is 12.5 Å². The summed E-state index contributed by atoms with van der Waals surface area (Å²) in [4.78, 5) is 10.3. The lowest BCUT2D eigenvalue weighted by molar-refractivity contribution is 0.269. The van der Waals surface area contributed by atoms with Crippen LogP contribution in [0.3, 0.4) is 0 Å². The molecule has 7 nitrogen and oxygen atoms in total. The number of ether oxygens (including phenoxy) is 1. The van der Waals surface area contributed by atoms with Crippen molar-refractivity contribution >= 4 is 33.2 Å². The third-order valence-corrected chi connectivity index (χ3v) is 5.23. The van der Waals surface area contributed by atoms with Gasteiger partial charge in [-0.3, -0.25) is 4.68 Å². The molecule has 0 amide bonds. The number of nitrogens with one attached hydrogen (secondary N) is 1. The minimum Gasteiger partial charge on any atom is -0.496 e. The van der Waals surface area contributed by atoms with Crippen LogP contribution in [0, 0.1) is 6.92 Å². The van der Waals surface area contributed by atoms with Crippen molar-refractivity contribution in [2.24, 2.45) is 0 Å². The standard InChI is InChI=1S/C19H19N5O2S/c1-12-17(14-5-3-4-6-15(14)26-2)18-16(27-12)10-20-19(23-18)22-13-9-21-24(11-13)7-8-25/h3-6,9-11,25H,7-8H2,1-2H3,(H,20,22,23). The Kier molecular flexibility index (Phi) is 4.74. The Morgan fingerprint density at radius 1 is 1.26 bits per heavy atom. The minimum atomic E-state index is 0.0417. The highest BCUT2D eigenvalue weighted by atomic mass is 32.1. The van der Waals surface area contributed by atoms with Crippen molar-refractivity contribution in [2.75, 3.05) is 19.0 Å². The molecule has 0 spiro atoms. The molecular formula is C19H19N5O2S. The van der Waals surface area contributed by atoms with Gasteiger partial charge in [0.1, 0.15) is 5.75 Å². The van der Waals surface area contributed by atoms with Crippen molar-refractivity contribution in [3.8, 4) is 16.9 Å². The van der Waals surface area contributed by atoms with E-state index in [0.717, 1.165) is 37.7 Å². The van der Waals surface area contributed by atoms with Gasteiger partial charge in [0.25, 0.3) is 0 Å². The van der Waals surface area contributed by atoms with E-state index < -0.39 is 0 Å². The topological polar surface area (TPSA) is 85.1 Å². The lowest BCUT2D eigenvalue weighted by atomic mass is 10.0. The Morgan fingerprint density at radius 3 is 2.93 bits per heavy atom. The van der Waals surface area contributed by atoms with E-state index in [9.17, 15) is 0 Å². The summed E-state index contributed by atoms with van der Waals surface area (Å²) >= 11 is 1.67. The smallest absolute Gasteiger partial charge is 0.227 e. The molecule has 3 heterocycles. The number of thiophene rings is 1. The average Bonchev–Trinajstić information content (AvgIpc) is 3.25. The van der Waals surface area contributed by atoms with Crippen LogP contribution in [0.1, 0.15) is 4.88 Å². The van der Waals surface area contributed by atoms with Gasteiger partial charge in [-0.1, -0.05) is 18.2 Å². The molecule has 8 heteroatoms. The normalized spacial score (nSPS) is 11.1. The molecule has 2 N–H and O–H groups in total. The third-order valence-electron chi connectivity index (χ3n) is 4.20. The number of hydrogen-bond acceptors (Lipinski definition) is 7. The number of hydrogen-bond donors (Lipinski definition) is 2. The lowest BCUT2D eigenvalue weighted by Crippen LogP contribution is -2.01. The second kappa shape index (κ2) is 7.34. The molecular weight excluding hydrogens is 362 g/mol. The number of fused-ring (bicyclic) bond motifs is 1. The fourth-order valence-electron chi connectivity index (χ4n) is 3.02. The molecule has 27 heavy (non-hydrogen) atoms. The fourth-order valence-corrected chi connectivity index (χ4v) is 4.01. The maximum absolute atomic E-state index is 9.01. The summed E-state index contributed by atoms with van der Waals surface area (Å²) in [6.07, 6.45) is 5.33. The maximum Gasteiger partial charge on any atom is 0.227 e. The molecule has 4 rings (SSSR count). The number of aromatic nitrogens is 4. The highest BCUT2D eigenvalue weighted by Gasteiger charge is 2.17. The van der Waals surface area contributed by atoms with Gasteiger partial charge in [-0.2, -0.15) is 5.10 Å². The Labute approximate surface area is 160 Å². The summed E-state index contributed by atoms with van der Waals surface area (Å²) in [6, 6.07) is 7.95. The van der Waals surface area contributed by atoms with Crippen molar-refractivity contribution in [1.29, 1.82) is 0 Å². The van der Waals surface area contributed by atoms with Crippen LogP contribution in [0.25, 0.3) is 21.3 Å². The van der Waals surface area contributed by atoms with Gasteiger partial charge < -0.3 is 15.2 Å². The third kappa shape index (κ3) is 3.36. The number of aliphatic hydroxyl groups excluding tert-OH is 1. The highest BCUT2D eigenvalue weighted by molar-refractivity contribution is 7.19. The van der Waals surface area contributed by atoms with Crippen LogP contribution in [0.2, 0.25) is 0 Å². The Morgan fingerprint density at radius 2 is 2.11 bits per heavy atom. The SMILES string of the molecule is COc1ccccc1-c1c(C)sc2cnc(Nc3cnn(CCO)c3)nc12. The van der Waals surface area contributed by atoms with Gasteiger partial charge in [0, 0.05) is 22.2 Å². The predicted octanol–water partition coefficient (Wildman–Crippen LogP) is 3.61. The molecule has 0 fully saturated rings. The largest absolute Gasteiger partial charge is 0.496 e. The van der Waals surface area contributed by atoms with Crippen LogP contribution < -0.4 is 10.1 Å². The average molecular weight is 381 g/mol. The number of para-hydroxylation sites is 1. The van der Waals surface area contributed by atoms with E-state index in [-0.39, 0.29) is 6.61 Å². The Bertz CT molecular complexity index is 1090. The zero-order valence-corrected chi connectivity index (χ0v) is 15.8. The summed E-state index contributed by atoms with van der Waals surface area (Å²) in [6.45, 7) is 2.57. The molecule has 0 saturated carbocycles. The van der Waals surface area contributed by atoms with E-state index in [1.54, 1.807) is 29.3 Å². The van der Waals surface area contributed by atoms with E-state index in [4.69, 9.17) is 14.8 Å². The second-order valence-corrected chi connectivity index (χ2v) is 7.24. The van der Waals surface area contributed by atoms with Crippen LogP contribution >= 0.6 is 11.3 Å². The summed E-state index contributed by atoms with van der Waals surface area (Å²) in [5.41, 5.74) is 3.74. The van der Waals surface area contributed by atoms with Gasteiger partial charge in [0.2, 0.25) is 5.95 Å². The number of rotatable bonds is 6. The first kappa shape index (κ1) is 17.4. The highest BCUT2D eigenvalue weighted by Crippen LogP contribution is 2.41. The van der Waals surface area contributed by atoms with Gasteiger partial charge in [-0.05, 0) is 13.0 Å². The van der Waals surface area contributed by atoms with Crippen LogP contribution in [0.15, 0.2) is 42.9 Å². The van der Waals surface area contributed by atoms with Crippen molar-refractivity contribution in [2.45, 2.75) is 13.5 Å². The molecule has 4 aromatic rings. The van der Waals surface area contributed by atoms with Gasteiger partial charge >= 0.3 is 0 Å². The molecule has 1 aromatic carbocycles.